The zero-order valence-corrected chi connectivity index (χ0v) is 17.6. The number of amides is 1. The molecule has 0 atom stereocenters. The Morgan fingerprint density at radius 2 is 1.87 bits per heavy atom. The van der Waals surface area contributed by atoms with Gasteiger partial charge in [0.1, 0.15) is 5.82 Å². The maximum Gasteiger partial charge on any atom is 0.265 e. The zero-order chi connectivity index (χ0) is 21.6. The first-order chi connectivity index (χ1) is 14.4. The number of sulfone groups is 1. The number of carbonyl (C=O) groups is 1. The number of carbonyl (C=O) groups excluding carboxylic acids is 1. The number of anilines is 1. The van der Waals surface area contributed by atoms with Crippen molar-refractivity contribution in [3.05, 3.63) is 36.7 Å². The van der Waals surface area contributed by atoms with Crippen LogP contribution >= 0.6 is 0 Å². The predicted molar refractivity (Wildman–Crippen MR) is 111 cm³/mol. The minimum absolute atomic E-state index is 0.00237. The summed E-state index contributed by atoms with van der Waals surface area (Å²) in [6.07, 6.45) is 5.33. The Labute approximate surface area is 175 Å². The summed E-state index contributed by atoms with van der Waals surface area (Å²) in [5.41, 5.74) is 2.82. The number of nitrogens with one attached hydrogen (secondary N) is 2. The lowest BCUT2D eigenvalue weighted by Gasteiger charge is -2.34. The highest BCUT2D eigenvalue weighted by molar-refractivity contribution is 7.93. The highest BCUT2D eigenvalue weighted by Crippen LogP contribution is 2.35. The number of aromatic nitrogens is 2. The molecule has 1 fully saturated rings. The molecule has 0 unspecified atom stereocenters. The maximum absolute atomic E-state index is 13.3. The predicted octanol–water partition coefficient (Wildman–Crippen LogP) is 2.18. The molecular weight excluding hydrogens is 408 g/mol. The van der Waals surface area contributed by atoms with E-state index >= 15 is 0 Å². The summed E-state index contributed by atoms with van der Waals surface area (Å²) < 4.78 is 30.0. The first kappa shape index (κ1) is 22.1. The highest BCUT2D eigenvalue weighted by Gasteiger charge is 2.52. The van der Waals surface area contributed by atoms with Gasteiger partial charge >= 0.3 is 0 Å². The summed E-state index contributed by atoms with van der Waals surface area (Å²) in [5.74, 6) is -0.255. The van der Waals surface area contributed by atoms with Gasteiger partial charge in [-0.25, -0.2) is 18.9 Å². The fourth-order valence-electron chi connectivity index (χ4n) is 3.41. The fourth-order valence-corrected chi connectivity index (χ4v) is 5.35. The molecule has 0 radical (unpaired) electrons. The Balaban J connectivity index is 1.83. The summed E-state index contributed by atoms with van der Waals surface area (Å²) in [4.78, 5) is 21.0. The molecule has 2 aromatic rings. The van der Waals surface area contributed by atoms with E-state index < -0.39 is 20.5 Å². The quantitative estimate of drug-likeness (QED) is 0.327. The first-order valence-corrected chi connectivity index (χ1v) is 11.4. The second kappa shape index (κ2) is 9.50. The molecule has 1 saturated heterocycles. The van der Waals surface area contributed by atoms with Crippen LogP contribution in [0.2, 0.25) is 0 Å². The van der Waals surface area contributed by atoms with Gasteiger partial charge in [-0.05, 0) is 31.4 Å². The number of hydroxylamine groups is 1. The summed E-state index contributed by atoms with van der Waals surface area (Å²) in [6, 6.07) is 6.15. The third-order valence-electron chi connectivity index (χ3n) is 5.28. The number of ether oxygens (including phenoxy) is 1. The van der Waals surface area contributed by atoms with Crippen LogP contribution in [0, 0.1) is 0 Å². The Morgan fingerprint density at radius 3 is 2.43 bits per heavy atom. The number of hydrogen-bond donors (Lipinski definition) is 3. The number of unbranched alkanes of at least 4 members (excludes halogenated alkanes) is 1. The van der Waals surface area contributed by atoms with Crippen molar-refractivity contribution in [2.24, 2.45) is 0 Å². The van der Waals surface area contributed by atoms with Gasteiger partial charge in [-0.3, -0.25) is 15.0 Å². The highest BCUT2D eigenvalue weighted by atomic mass is 32.2. The average Bonchev–Trinajstić information content (AvgIpc) is 2.79. The van der Waals surface area contributed by atoms with Crippen LogP contribution in [-0.2, 0) is 19.4 Å². The van der Waals surface area contributed by atoms with E-state index in [0.717, 1.165) is 19.4 Å². The second-order valence-corrected chi connectivity index (χ2v) is 9.40. The van der Waals surface area contributed by atoms with Crippen LogP contribution in [0.25, 0.3) is 11.3 Å². The molecule has 0 saturated carbocycles. The van der Waals surface area contributed by atoms with Gasteiger partial charge in [0.25, 0.3) is 5.91 Å². The van der Waals surface area contributed by atoms with Gasteiger partial charge < -0.3 is 10.1 Å². The van der Waals surface area contributed by atoms with Crippen LogP contribution in [0.5, 0.6) is 0 Å². The van der Waals surface area contributed by atoms with Crippen molar-refractivity contribution in [3.8, 4) is 11.3 Å². The summed E-state index contributed by atoms with van der Waals surface area (Å²) in [5, 5.41) is 12.3. The van der Waals surface area contributed by atoms with E-state index in [-0.39, 0.29) is 31.0 Å². The minimum atomic E-state index is -4.05. The average molecular weight is 435 g/mol. The maximum atomic E-state index is 13.3. The Morgan fingerprint density at radius 1 is 1.17 bits per heavy atom. The lowest BCUT2D eigenvalue weighted by molar-refractivity contribution is -0.134. The molecule has 0 aliphatic carbocycles. The van der Waals surface area contributed by atoms with Crippen LogP contribution in [0.15, 0.2) is 41.6 Å². The Bertz CT molecular complexity index is 956. The van der Waals surface area contributed by atoms with E-state index in [4.69, 9.17) is 9.94 Å². The van der Waals surface area contributed by atoms with Gasteiger partial charge in [0, 0.05) is 25.3 Å². The number of hydrogen-bond acceptors (Lipinski definition) is 8. The number of rotatable bonds is 8. The van der Waals surface area contributed by atoms with Gasteiger partial charge in [0.15, 0.2) is 14.6 Å². The Kier molecular flexibility index (Phi) is 7.01. The lowest BCUT2D eigenvalue weighted by Crippen LogP contribution is -2.54. The molecule has 1 aromatic carbocycles. The largest absolute Gasteiger partial charge is 0.381 e. The van der Waals surface area contributed by atoms with E-state index in [1.54, 1.807) is 24.5 Å². The summed E-state index contributed by atoms with van der Waals surface area (Å²) in [6.45, 7) is 3.18. The van der Waals surface area contributed by atoms with Crippen LogP contribution in [-0.4, -0.2) is 54.0 Å². The molecule has 2 heterocycles. The molecule has 1 amide bonds. The molecular formula is C20H26N4O5S. The smallest absolute Gasteiger partial charge is 0.265 e. The number of benzene rings is 1. The second-order valence-electron chi connectivity index (χ2n) is 7.14. The molecule has 9 nitrogen and oxygen atoms in total. The minimum Gasteiger partial charge on any atom is -0.381 e. The first-order valence-electron chi connectivity index (χ1n) is 9.88. The monoisotopic (exact) mass is 434 g/mol. The van der Waals surface area contributed by atoms with Gasteiger partial charge in [0.2, 0.25) is 0 Å². The normalized spacial score (nSPS) is 16.1. The van der Waals surface area contributed by atoms with Crippen LogP contribution in [0.4, 0.5) is 5.82 Å². The standard InChI is InChI=1S/C20H26N4O5S/c1-2-3-10-21-18-14-22-17(13-23-18)15-4-6-16(7-5-15)30(27,28)20(19(25)24-26)8-11-29-12-9-20/h4-7,13-14,26H,2-3,8-12H2,1H3,(H,21,23)(H,24,25). The molecule has 0 bridgehead atoms. The van der Waals surface area contributed by atoms with Crippen molar-refractivity contribution in [2.75, 3.05) is 25.1 Å². The molecule has 1 aliphatic heterocycles. The van der Waals surface area contributed by atoms with E-state index in [9.17, 15) is 13.2 Å². The molecule has 1 aliphatic rings. The molecule has 30 heavy (non-hydrogen) atoms. The molecule has 3 N–H and O–H groups in total. The molecule has 162 valence electrons. The van der Waals surface area contributed by atoms with Gasteiger partial charge in [-0.2, -0.15) is 0 Å². The van der Waals surface area contributed by atoms with Gasteiger partial charge in [0.05, 0.1) is 23.0 Å². The van der Waals surface area contributed by atoms with Crippen molar-refractivity contribution in [1.29, 1.82) is 0 Å². The molecule has 0 spiro atoms. The fraction of sp³-hybridized carbons (Fsp3) is 0.450. The van der Waals surface area contributed by atoms with Crippen molar-refractivity contribution >= 4 is 21.6 Å². The zero-order valence-electron chi connectivity index (χ0n) is 16.8. The van der Waals surface area contributed by atoms with E-state index in [0.29, 0.717) is 17.1 Å². The molecule has 1 aromatic heterocycles. The lowest BCUT2D eigenvalue weighted by atomic mass is 9.98. The van der Waals surface area contributed by atoms with Crippen LogP contribution in [0.1, 0.15) is 32.6 Å². The van der Waals surface area contributed by atoms with E-state index in [1.165, 1.54) is 17.6 Å². The van der Waals surface area contributed by atoms with Crippen LogP contribution in [0.3, 0.4) is 0 Å². The number of nitrogens with zero attached hydrogens (tertiary/aromatic N) is 2. The van der Waals surface area contributed by atoms with Gasteiger partial charge in [-0.15, -0.1) is 0 Å². The summed E-state index contributed by atoms with van der Waals surface area (Å²) in [7, 11) is -4.05. The van der Waals surface area contributed by atoms with Crippen molar-refractivity contribution < 1.29 is 23.2 Å². The van der Waals surface area contributed by atoms with Crippen LogP contribution < -0.4 is 10.8 Å². The molecule has 10 heteroatoms. The van der Waals surface area contributed by atoms with Crippen molar-refractivity contribution in [1.82, 2.24) is 15.4 Å². The SMILES string of the molecule is CCCCNc1cnc(-c2ccc(S(=O)(=O)C3(C(=O)NO)CCOCC3)cc2)cn1. The van der Waals surface area contributed by atoms with Crippen molar-refractivity contribution in [3.63, 3.8) is 0 Å². The van der Waals surface area contributed by atoms with Gasteiger partial charge in [-0.1, -0.05) is 25.5 Å². The van der Waals surface area contributed by atoms with E-state index in [1.807, 2.05) is 0 Å². The Hall–Kier alpha value is -2.56. The molecule has 3 rings (SSSR count). The third kappa shape index (κ3) is 4.30. The van der Waals surface area contributed by atoms with E-state index in [2.05, 4.69) is 22.2 Å². The van der Waals surface area contributed by atoms with Crippen molar-refractivity contribution in [2.45, 2.75) is 42.2 Å². The summed E-state index contributed by atoms with van der Waals surface area (Å²) >= 11 is 0. The topological polar surface area (TPSA) is 131 Å². The third-order valence-corrected chi connectivity index (χ3v) is 7.79.